The van der Waals surface area contributed by atoms with Gasteiger partial charge in [0, 0.05) is 11.9 Å². The monoisotopic (exact) mass is 778 g/mol. The van der Waals surface area contributed by atoms with Crippen molar-refractivity contribution in [2.24, 2.45) is 0 Å². The lowest BCUT2D eigenvalue weighted by Crippen LogP contribution is -2.55. The fraction of sp³-hybridized carbons (Fsp3) is 0.256. The fourth-order valence-corrected chi connectivity index (χ4v) is 10.7. The number of esters is 1. The van der Waals surface area contributed by atoms with Crippen molar-refractivity contribution in [1.29, 1.82) is 0 Å². The molecule has 0 atom stereocenters. The first-order chi connectivity index (χ1) is 25.2. The first-order valence-corrected chi connectivity index (χ1v) is 21.5. The number of nitrogens with zero attached hydrogens (tertiary/aromatic N) is 1. The van der Waals surface area contributed by atoms with Crippen LogP contribution >= 0.6 is 0 Å². The molecule has 1 N–H and O–H groups in total. The van der Waals surface area contributed by atoms with Crippen LogP contribution < -0.4 is 10.1 Å². The second-order valence-corrected chi connectivity index (χ2v) is 18.6. The van der Waals surface area contributed by atoms with Crippen molar-refractivity contribution in [3.05, 3.63) is 127 Å². The minimum atomic E-state index is -4.12. The minimum Gasteiger partial charge on any atom is -0.497 e. The Morgan fingerprint density at radius 2 is 1.32 bits per heavy atom. The lowest BCUT2D eigenvalue weighted by molar-refractivity contribution is -0.149. The SMILES string of the molecule is C=Cc1c(CCNC(CCS(=O)(=O)c2ccccc2)(CCS(=O)(=O)c2ccccc2)C(=O)OC)c2cc(OC)ccc2n1S(=O)(=O)c1ccc(C)cc1. The van der Waals surface area contributed by atoms with Gasteiger partial charge < -0.3 is 14.8 Å². The van der Waals surface area contributed by atoms with E-state index in [1.54, 1.807) is 66.7 Å². The van der Waals surface area contributed by atoms with Gasteiger partial charge in [-0.05, 0) is 92.4 Å². The van der Waals surface area contributed by atoms with E-state index in [-0.39, 0.29) is 46.2 Å². The summed E-state index contributed by atoms with van der Waals surface area (Å²) in [7, 11) is -9.28. The van der Waals surface area contributed by atoms with Crippen LogP contribution in [0.15, 0.2) is 124 Å². The third-order valence-corrected chi connectivity index (χ3v) is 14.4. The maximum Gasteiger partial charge on any atom is 0.326 e. The summed E-state index contributed by atoms with van der Waals surface area (Å²) in [5, 5.41) is 3.74. The van der Waals surface area contributed by atoms with E-state index < -0.39 is 52.7 Å². The molecule has 0 amide bonds. The Morgan fingerprint density at radius 1 is 0.774 bits per heavy atom. The van der Waals surface area contributed by atoms with Gasteiger partial charge in [-0.3, -0.25) is 4.79 Å². The summed E-state index contributed by atoms with van der Waals surface area (Å²) in [6.45, 7) is 5.79. The molecule has 0 unspecified atom stereocenters. The summed E-state index contributed by atoms with van der Waals surface area (Å²) in [6, 6.07) is 27.0. The number of ether oxygens (including phenoxy) is 2. The minimum absolute atomic E-state index is 0.00634. The number of hydrogen-bond donors (Lipinski definition) is 1. The van der Waals surface area contributed by atoms with Gasteiger partial charge in [-0.15, -0.1) is 0 Å². The zero-order chi connectivity index (χ0) is 38.4. The first kappa shape index (κ1) is 39.4. The third-order valence-electron chi connectivity index (χ3n) is 9.24. The van der Waals surface area contributed by atoms with Crippen molar-refractivity contribution in [3.63, 3.8) is 0 Å². The van der Waals surface area contributed by atoms with Gasteiger partial charge in [0.2, 0.25) is 0 Å². The number of carbonyl (C=O) groups is 1. The predicted molar refractivity (Wildman–Crippen MR) is 205 cm³/mol. The summed E-state index contributed by atoms with van der Waals surface area (Å²) in [5.74, 6) is -1.34. The number of fused-ring (bicyclic) bond motifs is 1. The molecule has 0 saturated heterocycles. The highest BCUT2D eigenvalue weighted by Crippen LogP contribution is 2.34. The summed E-state index contributed by atoms with van der Waals surface area (Å²) < 4.78 is 94.0. The lowest BCUT2D eigenvalue weighted by Gasteiger charge is -2.32. The van der Waals surface area contributed by atoms with Gasteiger partial charge in [-0.2, -0.15) is 0 Å². The molecule has 0 bridgehead atoms. The van der Waals surface area contributed by atoms with Gasteiger partial charge >= 0.3 is 5.97 Å². The van der Waals surface area contributed by atoms with Crippen LogP contribution in [0.4, 0.5) is 0 Å². The van der Waals surface area contributed by atoms with Crippen molar-refractivity contribution >= 4 is 52.6 Å². The molecule has 14 heteroatoms. The Labute approximate surface area is 311 Å². The summed E-state index contributed by atoms with van der Waals surface area (Å²) in [4.78, 5) is 13.9. The van der Waals surface area contributed by atoms with Crippen molar-refractivity contribution in [3.8, 4) is 5.75 Å². The molecule has 1 aromatic heterocycles. The number of benzene rings is 4. The number of carbonyl (C=O) groups excluding carboxylic acids is 1. The van der Waals surface area contributed by atoms with Gasteiger partial charge in [-0.25, -0.2) is 29.2 Å². The number of hydrogen-bond acceptors (Lipinski definition) is 10. The van der Waals surface area contributed by atoms with Crippen LogP contribution in [0, 0.1) is 6.92 Å². The molecule has 1 heterocycles. The van der Waals surface area contributed by atoms with Crippen LogP contribution in [0.5, 0.6) is 5.75 Å². The summed E-state index contributed by atoms with van der Waals surface area (Å²) in [6.07, 6.45) is 0.941. The first-order valence-electron chi connectivity index (χ1n) is 16.7. The van der Waals surface area contributed by atoms with Gasteiger partial charge in [0.05, 0.1) is 51.6 Å². The molecule has 0 radical (unpaired) electrons. The molecule has 0 spiro atoms. The molecule has 11 nitrogen and oxygen atoms in total. The molecule has 0 fully saturated rings. The van der Waals surface area contributed by atoms with Crippen molar-refractivity contribution in [2.75, 3.05) is 32.3 Å². The highest BCUT2D eigenvalue weighted by molar-refractivity contribution is 7.91. The Balaban J connectivity index is 1.56. The highest BCUT2D eigenvalue weighted by Gasteiger charge is 2.41. The van der Waals surface area contributed by atoms with Crippen LogP contribution in [-0.2, 0) is 45.7 Å². The van der Waals surface area contributed by atoms with Gasteiger partial charge in [0.15, 0.2) is 19.7 Å². The second kappa shape index (κ2) is 16.1. The number of rotatable bonds is 17. The number of aryl methyl sites for hydroxylation is 1. The van der Waals surface area contributed by atoms with E-state index in [4.69, 9.17) is 9.47 Å². The van der Waals surface area contributed by atoms with E-state index in [9.17, 15) is 30.0 Å². The average molecular weight is 779 g/mol. The van der Waals surface area contributed by atoms with Crippen LogP contribution in [0.25, 0.3) is 17.0 Å². The van der Waals surface area contributed by atoms with Crippen molar-refractivity contribution < 1.29 is 39.5 Å². The molecule has 280 valence electrons. The van der Waals surface area contributed by atoms with Crippen molar-refractivity contribution in [1.82, 2.24) is 9.29 Å². The fourth-order valence-electron chi connectivity index (χ4n) is 6.30. The highest BCUT2D eigenvalue weighted by atomic mass is 32.2. The van der Waals surface area contributed by atoms with Crippen LogP contribution in [0.1, 0.15) is 29.7 Å². The molecular weight excluding hydrogens is 737 g/mol. The van der Waals surface area contributed by atoms with Crippen LogP contribution in [0.2, 0.25) is 0 Å². The Morgan fingerprint density at radius 3 is 1.81 bits per heavy atom. The zero-order valence-electron chi connectivity index (χ0n) is 29.7. The van der Waals surface area contributed by atoms with Gasteiger partial charge in [-0.1, -0.05) is 60.7 Å². The smallest absolute Gasteiger partial charge is 0.326 e. The van der Waals surface area contributed by atoms with Crippen molar-refractivity contribution in [2.45, 2.75) is 46.4 Å². The standard InChI is InChI=1S/C39H42N2O9S3/c1-5-36-34(35-28-30(49-3)18-21-37(35)41(36)53(47,48)33-19-16-29(2)17-20-33)22-25-40-39(38(42)50-4,23-26-51(43,44)31-12-8-6-9-13-31)24-27-52(45,46)32-14-10-7-11-15-32/h5-21,28,40H,1,22-27H2,2-4H3. The van der Waals surface area contributed by atoms with Gasteiger partial charge in [0.1, 0.15) is 11.3 Å². The third kappa shape index (κ3) is 8.41. The molecular formula is C39H42N2O9S3. The van der Waals surface area contributed by atoms with Crippen LogP contribution in [0.3, 0.4) is 0 Å². The van der Waals surface area contributed by atoms with Crippen LogP contribution in [-0.4, -0.2) is 73.0 Å². The normalized spacial score (nSPS) is 12.4. The molecule has 4 aromatic carbocycles. The average Bonchev–Trinajstić information content (AvgIpc) is 3.49. The molecule has 0 aliphatic rings. The van der Waals surface area contributed by atoms with E-state index in [0.29, 0.717) is 22.2 Å². The second-order valence-electron chi connectivity index (χ2n) is 12.5. The number of sulfone groups is 2. The molecule has 5 aromatic rings. The Bertz CT molecular complexity index is 2350. The molecule has 53 heavy (non-hydrogen) atoms. The summed E-state index contributed by atoms with van der Waals surface area (Å²) >= 11 is 0. The van der Waals surface area contributed by atoms with E-state index in [0.717, 1.165) is 12.7 Å². The maximum absolute atomic E-state index is 14.2. The topological polar surface area (TPSA) is 155 Å². The summed E-state index contributed by atoms with van der Waals surface area (Å²) in [5.41, 5.74) is 0.348. The molecule has 0 aliphatic carbocycles. The van der Waals surface area contributed by atoms with E-state index in [1.807, 2.05) is 6.92 Å². The quantitative estimate of drug-likeness (QED) is 0.118. The lowest BCUT2D eigenvalue weighted by atomic mass is 9.92. The predicted octanol–water partition coefficient (Wildman–Crippen LogP) is 5.61. The number of nitrogens with one attached hydrogen (secondary N) is 1. The molecule has 0 saturated carbocycles. The van der Waals surface area contributed by atoms with E-state index >= 15 is 0 Å². The Kier molecular flexibility index (Phi) is 12.0. The number of aromatic nitrogens is 1. The van der Waals surface area contributed by atoms with E-state index in [2.05, 4.69) is 11.9 Å². The number of methoxy groups -OCH3 is 2. The Hall–Kier alpha value is -4.76. The largest absolute Gasteiger partial charge is 0.497 e. The molecule has 0 aliphatic heterocycles. The zero-order valence-corrected chi connectivity index (χ0v) is 32.1. The van der Waals surface area contributed by atoms with E-state index in [1.165, 1.54) is 53.6 Å². The van der Waals surface area contributed by atoms with Gasteiger partial charge in [0.25, 0.3) is 10.0 Å². The molecule has 5 rings (SSSR count). The maximum atomic E-state index is 14.2.